The normalized spacial score (nSPS) is 10.8. The molecule has 146 valence electrons. The van der Waals surface area contributed by atoms with E-state index >= 15 is 0 Å². The van der Waals surface area contributed by atoms with Gasteiger partial charge in [0.05, 0.1) is 23.4 Å². The number of anilines is 3. The highest BCUT2D eigenvalue weighted by Crippen LogP contribution is 2.38. The van der Waals surface area contributed by atoms with Gasteiger partial charge in [0.2, 0.25) is 11.6 Å². The van der Waals surface area contributed by atoms with Crippen LogP contribution in [0, 0.1) is 10.1 Å². The van der Waals surface area contributed by atoms with Gasteiger partial charge in [0.1, 0.15) is 12.1 Å². The molecular formula is C21H19N5O3. The van der Waals surface area contributed by atoms with E-state index in [0.717, 1.165) is 16.5 Å². The summed E-state index contributed by atoms with van der Waals surface area (Å²) in [6.45, 7) is 2.72. The molecule has 0 bridgehead atoms. The molecule has 0 saturated heterocycles. The summed E-state index contributed by atoms with van der Waals surface area (Å²) in [4.78, 5) is 21.7. The molecular weight excluding hydrogens is 370 g/mol. The van der Waals surface area contributed by atoms with E-state index in [4.69, 9.17) is 4.42 Å². The van der Waals surface area contributed by atoms with Gasteiger partial charge < -0.3 is 14.6 Å². The number of aromatic nitrogens is 2. The Kier molecular flexibility index (Phi) is 5.07. The number of benzene rings is 2. The van der Waals surface area contributed by atoms with Crippen molar-refractivity contribution >= 4 is 33.8 Å². The summed E-state index contributed by atoms with van der Waals surface area (Å²) in [7, 11) is 0. The molecule has 0 radical (unpaired) electrons. The van der Waals surface area contributed by atoms with Gasteiger partial charge in [0, 0.05) is 11.9 Å². The number of hydrogen-bond acceptors (Lipinski definition) is 7. The first-order valence-electron chi connectivity index (χ1n) is 9.20. The van der Waals surface area contributed by atoms with E-state index in [-0.39, 0.29) is 23.9 Å². The molecule has 8 nitrogen and oxygen atoms in total. The van der Waals surface area contributed by atoms with Crippen LogP contribution in [0.25, 0.3) is 10.8 Å². The van der Waals surface area contributed by atoms with Crippen molar-refractivity contribution in [2.75, 3.05) is 16.8 Å². The van der Waals surface area contributed by atoms with Gasteiger partial charge in [0.25, 0.3) is 0 Å². The average molecular weight is 389 g/mol. The molecule has 4 aromatic rings. The lowest BCUT2D eigenvalue weighted by Crippen LogP contribution is -2.20. The first-order chi connectivity index (χ1) is 14.2. The lowest BCUT2D eigenvalue weighted by Gasteiger charge is -2.23. The maximum Gasteiger partial charge on any atom is 0.353 e. The number of hydrogen-bond donors (Lipinski definition) is 1. The van der Waals surface area contributed by atoms with Gasteiger partial charge in [-0.05, 0) is 30.5 Å². The highest BCUT2D eigenvalue weighted by atomic mass is 16.6. The quantitative estimate of drug-likeness (QED) is 0.354. The van der Waals surface area contributed by atoms with E-state index in [0.29, 0.717) is 12.3 Å². The maximum absolute atomic E-state index is 12.0. The number of nitro groups is 1. The van der Waals surface area contributed by atoms with Crippen molar-refractivity contribution in [1.29, 1.82) is 0 Å². The molecule has 2 heterocycles. The topological polar surface area (TPSA) is 97.3 Å². The molecule has 1 N–H and O–H groups in total. The van der Waals surface area contributed by atoms with Crippen LogP contribution in [0.2, 0.25) is 0 Å². The molecule has 0 spiro atoms. The Hall–Kier alpha value is -3.94. The zero-order valence-corrected chi connectivity index (χ0v) is 15.8. The first-order valence-corrected chi connectivity index (χ1v) is 9.20. The number of rotatable bonds is 7. The first kappa shape index (κ1) is 18.4. The third-order valence-corrected chi connectivity index (χ3v) is 4.63. The minimum Gasteiger partial charge on any atom is -0.467 e. The van der Waals surface area contributed by atoms with Crippen LogP contribution in [0.5, 0.6) is 0 Å². The largest absolute Gasteiger partial charge is 0.467 e. The number of nitrogens with zero attached hydrogens (tertiary/aromatic N) is 4. The predicted octanol–water partition coefficient (Wildman–Crippen LogP) is 4.90. The summed E-state index contributed by atoms with van der Waals surface area (Å²) in [5, 5.41) is 17.0. The molecule has 0 amide bonds. The monoisotopic (exact) mass is 389 g/mol. The van der Waals surface area contributed by atoms with Crippen LogP contribution in [-0.2, 0) is 6.54 Å². The van der Waals surface area contributed by atoms with Crippen LogP contribution in [0.1, 0.15) is 12.7 Å². The van der Waals surface area contributed by atoms with Crippen molar-refractivity contribution in [3.63, 3.8) is 0 Å². The van der Waals surface area contributed by atoms with Gasteiger partial charge in [-0.2, -0.15) is 0 Å². The average Bonchev–Trinajstić information content (AvgIpc) is 3.26. The van der Waals surface area contributed by atoms with Crippen LogP contribution in [0.15, 0.2) is 71.6 Å². The number of fused-ring (bicyclic) bond motifs is 1. The number of furan rings is 1. The fourth-order valence-electron chi connectivity index (χ4n) is 3.33. The van der Waals surface area contributed by atoms with E-state index in [1.807, 2.05) is 54.3 Å². The zero-order chi connectivity index (χ0) is 20.2. The molecule has 4 rings (SSSR count). The van der Waals surface area contributed by atoms with Gasteiger partial charge in [-0.15, -0.1) is 0 Å². The summed E-state index contributed by atoms with van der Waals surface area (Å²) < 4.78 is 5.29. The Balaban J connectivity index is 1.79. The van der Waals surface area contributed by atoms with Crippen LogP contribution < -0.4 is 10.2 Å². The summed E-state index contributed by atoms with van der Waals surface area (Å²) in [5.74, 6) is 1.04. The van der Waals surface area contributed by atoms with E-state index in [1.54, 1.807) is 18.4 Å². The molecule has 0 aliphatic rings. The summed E-state index contributed by atoms with van der Waals surface area (Å²) in [6.07, 6.45) is 2.89. The molecule has 8 heteroatoms. The van der Waals surface area contributed by atoms with Crippen molar-refractivity contribution in [1.82, 2.24) is 9.97 Å². The standard InChI is InChI=1S/C21H19N5O3/c1-2-25(18-11-5-8-15-7-3-4-10-17(15)18)21-19(26(27)28)20(23-14-24-21)22-13-16-9-6-12-29-16/h3-12,14H,2,13H2,1H3,(H,22,23,24). The van der Waals surface area contributed by atoms with Crippen LogP contribution in [0.3, 0.4) is 0 Å². The van der Waals surface area contributed by atoms with E-state index in [2.05, 4.69) is 15.3 Å². The highest BCUT2D eigenvalue weighted by Gasteiger charge is 2.28. The zero-order valence-electron chi connectivity index (χ0n) is 15.8. The third-order valence-electron chi connectivity index (χ3n) is 4.63. The van der Waals surface area contributed by atoms with Gasteiger partial charge in [0.15, 0.2) is 0 Å². The van der Waals surface area contributed by atoms with Gasteiger partial charge in [-0.1, -0.05) is 36.4 Å². The predicted molar refractivity (Wildman–Crippen MR) is 111 cm³/mol. The Morgan fingerprint density at radius 1 is 1.10 bits per heavy atom. The van der Waals surface area contributed by atoms with Crippen LogP contribution in [-0.4, -0.2) is 21.4 Å². The molecule has 0 unspecified atom stereocenters. The Morgan fingerprint density at radius 3 is 2.69 bits per heavy atom. The summed E-state index contributed by atoms with van der Waals surface area (Å²) in [6, 6.07) is 17.4. The van der Waals surface area contributed by atoms with Crippen molar-refractivity contribution in [3.8, 4) is 0 Å². The van der Waals surface area contributed by atoms with Gasteiger partial charge in [-0.3, -0.25) is 10.1 Å². The van der Waals surface area contributed by atoms with E-state index in [9.17, 15) is 10.1 Å². The Labute approximate surface area is 167 Å². The SMILES string of the molecule is CCN(c1ncnc(NCc2ccco2)c1[N+](=O)[O-])c1cccc2ccccc12. The second-order valence-electron chi connectivity index (χ2n) is 6.33. The molecule has 2 aromatic heterocycles. The van der Waals surface area contributed by atoms with E-state index < -0.39 is 4.92 Å². The smallest absolute Gasteiger partial charge is 0.353 e. The van der Waals surface area contributed by atoms with E-state index in [1.165, 1.54) is 6.33 Å². The lowest BCUT2D eigenvalue weighted by atomic mass is 10.1. The Bertz CT molecular complexity index is 1140. The minimum absolute atomic E-state index is 0.148. The fourth-order valence-corrected chi connectivity index (χ4v) is 3.33. The minimum atomic E-state index is -0.451. The third kappa shape index (κ3) is 3.60. The van der Waals surface area contributed by atoms with Crippen molar-refractivity contribution < 1.29 is 9.34 Å². The molecule has 0 fully saturated rings. The molecule has 2 aromatic carbocycles. The van der Waals surface area contributed by atoms with Gasteiger partial charge in [-0.25, -0.2) is 9.97 Å². The molecule has 0 saturated carbocycles. The lowest BCUT2D eigenvalue weighted by molar-refractivity contribution is -0.383. The Morgan fingerprint density at radius 2 is 1.93 bits per heavy atom. The van der Waals surface area contributed by atoms with Crippen molar-refractivity contribution in [2.45, 2.75) is 13.5 Å². The summed E-state index contributed by atoms with van der Waals surface area (Å²) >= 11 is 0. The van der Waals surface area contributed by atoms with Crippen LogP contribution in [0.4, 0.5) is 23.0 Å². The fraction of sp³-hybridized carbons (Fsp3) is 0.143. The molecule has 0 atom stereocenters. The second kappa shape index (κ2) is 7.97. The van der Waals surface area contributed by atoms with Crippen LogP contribution >= 0.6 is 0 Å². The molecule has 29 heavy (non-hydrogen) atoms. The van der Waals surface area contributed by atoms with Crippen molar-refractivity contribution in [3.05, 3.63) is 83.1 Å². The maximum atomic E-state index is 12.0. The molecule has 0 aliphatic carbocycles. The van der Waals surface area contributed by atoms with Crippen molar-refractivity contribution in [2.24, 2.45) is 0 Å². The molecule has 0 aliphatic heterocycles. The highest BCUT2D eigenvalue weighted by molar-refractivity contribution is 5.96. The summed E-state index contributed by atoms with van der Waals surface area (Å²) in [5.41, 5.74) is 0.679. The second-order valence-corrected chi connectivity index (χ2v) is 6.33. The number of nitrogens with one attached hydrogen (secondary N) is 1. The van der Waals surface area contributed by atoms with Gasteiger partial charge >= 0.3 is 5.69 Å².